The van der Waals surface area contributed by atoms with E-state index in [9.17, 15) is 5.26 Å². The zero-order valence-electron chi connectivity index (χ0n) is 15.2. The summed E-state index contributed by atoms with van der Waals surface area (Å²) >= 11 is 0. The second-order valence-corrected chi connectivity index (χ2v) is 7.11. The van der Waals surface area contributed by atoms with Gasteiger partial charge < -0.3 is 10.2 Å². The quantitative estimate of drug-likeness (QED) is 0.590. The lowest BCUT2D eigenvalue weighted by molar-refractivity contribution is 0.230. The largest absolute Gasteiger partial charge is 0.303 e. The van der Waals surface area contributed by atoms with Gasteiger partial charge in [-0.3, -0.25) is 0 Å². The van der Waals surface area contributed by atoms with E-state index in [1.54, 1.807) is 0 Å². The molecular weight excluding hydrogens is 258 g/mol. The Morgan fingerprint density at radius 1 is 1.05 bits per heavy atom. The Kier molecular flexibility index (Phi) is 10.7. The molecule has 0 fully saturated rings. The second kappa shape index (κ2) is 11.0. The first kappa shape index (κ1) is 20.4. The van der Waals surface area contributed by atoms with Crippen LogP contribution in [0.1, 0.15) is 66.7 Å². The summed E-state index contributed by atoms with van der Waals surface area (Å²) < 4.78 is 0. The van der Waals surface area contributed by atoms with E-state index in [-0.39, 0.29) is 5.54 Å². The minimum absolute atomic E-state index is 0.332. The summed E-state index contributed by atoms with van der Waals surface area (Å²) in [5.74, 6) is 1.52. The van der Waals surface area contributed by atoms with Crippen LogP contribution in [-0.4, -0.2) is 37.1 Å². The third-order valence-electron chi connectivity index (χ3n) is 4.42. The van der Waals surface area contributed by atoms with Crippen LogP contribution in [-0.2, 0) is 0 Å². The third-order valence-corrected chi connectivity index (χ3v) is 4.42. The average molecular weight is 296 g/mol. The van der Waals surface area contributed by atoms with Crippen molar-refractivity contribution in [1.82, 2.24) is 10.2 Å². The van der Waals surface area contributed by atoms with Gasteiger partial charge >= 0.3 is 0 Å². The first-order chi connectivity index (χ1) is 9.89. The van der Waals surface area contributed by atoms with Crippen molar-refractivity contribution in [2.45, 2.75) is 72.3 Å². The molecule has 0 heterocycles. The zero-order valence-corrected chi connectivity index (χ0v) is 15.2. The molecule has 124 valence electrons. The van der Waals surface area contributed by atoms with Crippen LogP contribution < -0.4 is 5.32 Å². The first-order valence-electron chi connectivity index (χ1n) is 8.71. The average Bonchev–Trinajstić information content (AvgIpc) is 2.46. The van der Waals surface area contributed by atoms with Gasteiger partial charge in [-0.2, -0.15) is 5.26 Å². The molecule has 0 spiro atoms. The molecule has 0 aromatic carbocycles. The fourth-order valence-corrected chi connectivity index (χ4v) is 2.49. The molecule has 0 aliphatic heterocycles. The predicted octanol–water partition coefficient (Wildman–Crippen LogP) is 4.05. The number of hydrogen-bond donors (Lipinski definition) is 1. The number of nitrogens with zero attached hydrogens (tertiary/aromatic N) is 2. The fraction of sp³-hybridized carbons (Fsp3) is 0.944. The number of nitrogens with one attached hydrogen (secondary N) is 1. The molecule has 0 aromatic heterocycles. The van der Waals surface area contributed by atoms with Gasteiger partial charge in [-0.15, -0.1) is 0 Å². The predicted molar refractivity (Wildman–Crippen MR) is 92.3 cm³/mol. The Morgan fingerprint density at radius 3 is 1.90 bits per heavy atom. The van der Waals surface area contributed by atoms with Crippen LogP contribution in [0.3, 0.4) is 0 Å². The van der Waals surface area contributed by atoms with Crippen molar-refractivity contribution in [3.8, 4) is 6.07 Å². The lowest BCUT2D eigenvalue weighted by Gasteiger charge is -2.28. The summed E-state index contributed by atoms with van der Waals surface area (Å²) in [6, 6.07) is 2.46. The summed E-state index contributed by atoms with van der Waals surface area (Å²) in [6.07, 6.45) is 5.44. The molecule has 21 heavy (non-hydrogen) atoms. The molecule has 0 radical (unpaired) electrons. The monoisotopic (exact) mass is 295 g/mol. The summed E-state index contributed by atoms with van der Waals surface area (Å²) in [6.45, 7) is 14.8. The smallest absolute Gasteiger partial charge is 0.106 e. The van der Waals surface area contributed by atoms with Crippen LogP contribution in [0.4, 0.5) is 0 Å². The molecule has 3 nitrogen and oxygen atoms in total. The Labute approximate surface area is 133 Å². The van der Waals surface area contributed by atoms with Crippen molar-refractivity contribution in [2.75, 3.05) is 26.7 Å². The van der Waals surface area contributed by atoms with E-state index >= 15 is 0 Å². The highest BCUT2D eigenvalue weighted by Gasteiger charge is 2.25. The molecule has 1 unspecified atom stereocenters. The van der Waals surface area contributed by atoms with Crippen molar-refractivity contribution >= 4 is 0 Å². The number of nitriles is 1. The Morgan fingerprint density at radius 2 is 1.57 bits per heavy atom. The highest BCUT2D eigenvalue weighted by atomic mass is 15.1. The Balaban J connectivity index is 4.29. The molecule has 0 saturated carbocycles. The van der Waals surface area contributed by atoms with Gasteiger partial charge in [0.2, 0.25) is 0 Å². The molecule has 0 saturated heterocycles. The lowest BCUT2D eigenvalue weighted by atomic mass is 9.92. The topological polar surface area (TPSA) is 39.1 Å². The van der Waals surface area contributed by atoms with Gasteiger partial charge in [0.25, 0.3) is 0 Å². The molecule has 3 heteroatoms. The summed E-state index contributed by atoms with van der Waals surface area (Å²) in [7, 11) is 1.90. The summed E-state index contributed by atoms with van der Waals surface area (Å²) in [4.78, 5) is 2.59. The normalized spacial score (nSPS) is 14.7. The van der Waals surface area contributed by atoms with Crippen molar-refractivity contribution < 1.29 is 0 Å². The van der Waals surface area contributed by atoms with Crippen molar-refractivity contribution in [3.05, 3.63) is 0 Å². The highest BCUT2D eigenvalue weighted by Crippen LogP contribution is 2.17. The molecule has 0 aliphatic carbocycles. The van der Waals surface area contributed by atoms with Gasteiger partial charge in [-0.1, -0.05) is 34.6 Å². The van der Waals surface area contributed by atoms with Gasteiger partial charge in [0.15, 0.2) is 0 Å². The van der Waals surface area contributed by atoms with Crippen molar-refractivity contribution in [3.63, 3.8) is 0 Å². The van der Waals surface area contributed by atoms with Crippen LogP contribution in [0, 0.1) is 23.2 Å². The van der Waals surface area contributed by atoms with Crippen LogP contribution in [0.2, 0.25) is 0 Å². The first-order valence-corrected chi connectivity index (χ1v) is 8.71. The van der Waals surface area contributed by atoms with Gasteiger partial charge in [-0.05, 0) is 70.6 Å². The maximum Gasteiger partial charge on any atom is 0.106 e. The third kappa shape index (κ3) is 9.11. The summed E-state index contributed by atoms with van der Waals surface area (Å²) in [5, 5.41) is 12.6. The van der Waals surface area contributed by atoms with Crippen LogP contribution in [0.15, 0.2) is 0 Å². The molecular formula is C18H37N3. The van der Waals surface area contributed by atoms with E-state index in [1.165, 1.54) is 25.9 Å². The number of rotatable bonds is 12. The minimum atomic E-state index is -0.332. The van der Waals surface area contributed by atoms with Crippen molar-refractivity contribution in [1.29, 1.82) is 5.26 Å². The SMILES string of the molecule is CCC(C#N)(CCCN(CCC(C)C)CCC(C)C)NC. The van der Waals surface area contributed by atoms with E-state index in [0.717, 1.165) is 37.6 Å². The maximum atomic E-state index is 9.37. The van der Waals surface area contributed by atoms with Gasteiger partial charge in [0.1, 0.15) is 5.54 Å². The molecule has 1 N–H and O–H groups in total. The maximum absolute atomic E-state index is 9.37. The number of hydrogen-bond acceptors (Lipinski definition) is 3. The van der Waals surface area contributed by atoms with Crippen molar-refractivity contribution in [2.24, 2.45) is 11.8 Å². The molecule has 0 amide bonds. The zero-order chi connectivity index (χ0) is 16.3. The molecule has 0 bridgehead atoms. The van der Waals surface area contributed by atoms with Gasteiger partial charge in [0.05, 0.1) is 6.07 Å². The van der Waals surface area contributed by atoms with Gasteiger partial charge in [-0.25, -0.2) is 0 Å². The van der Waals surface area contributed by atoms with Gasteiger partial charge in [0, 0.05) is 0 Å². The molecule has 0 aliphatic rings. The van der Waals surface area contributed by atoms with Crippen LogP contribution in [0.25, 0.3) is 0 Å². The van der Waals surface area contributed by atoms with Crippen LogP contribution >= 0.6 is 0 Å². The van der Waals surface area contributed by atoms with E-state index < -0.39 is 0 Å². The fourth-order valence-electron chi connectivity index (χ4n) is 2.49. The summed E-state index contributed by atoms with van der Waals surface area (Å²) in [5.41, 5.74) is -0.332. The Bertz CT molecular complexity index is 275. The second-order valence-electron chi connectivity index (χ2n) is 7.11. The molecule has 0 aromatic rings. The van der Waals surface area contributed by atoms with E-state index in [0.29, 0.717) is 0 Å². The lowest BCUT2D eigenvalue weighted by Crippen LogP contribution is -2.41. The van der Waals surface area contributed by atoms with E-state index in [2.05, 4.69) is 50.9 Å². The highest BCUT2D eigenvalue weighted by molar-refractivity contribution is 5.05. The minimum Gasteiger partial charge on any atom is -0.303 e. The van der Waals surface area contributed by atoms with Crippen LogP contribution in [0.5, 0.6) is 0 Å². The van der Waals surface area contributed by atoms with E-state index in [1.807, 2.05) is 7.05 Å². The van der Waals surface area contributed by atoms with E-state index in [4.69, 9.17) is 0 Å². The Hall–Kier alpha value is -0.590. The standard InChI is InChI=1S/C18H37N3/c1-7-18(15-19,20-6)11-8-12-21(13-9-16(2)3)14-10-17(4)5/h16-17,20H,7-14H2,1-6H3. The molecule has 1 atom stereocenters. The molecule has 0 rings (SSSR count).